The summed E-state index contributed by atoms with van der Waals surface area (Å²) in [6.07, 6.45) is 0. The molecule has 0 aliphatic rings. The molecule has 94 valence electrons. The molecule has 1 rings (SSSR count). The van der Waals surface area contributed by atoms with E-state index in [2.05, 4.69) is 21.2 Å². The lowest BCUT2D eigenvalue weighted by Crippen LogP contribution is -2.40. The SMILES string of the molecule is CC(C)(CNCc1ccc(Cl)cc1Br)C(N)=O. The Morgan fingerprint density at radius 1 is 1.53 bits per heavy atom. The number of amides is 1. The topological polar surface area (TPSA) is 55.1 Å². The van der Waals surface area contributed by atoms with Gasteiger partial charge in [-0.2, -0.15) is 0 Å². The molecule has 3 N–H and O–H groups in total. The highest BCUT2D eigenvalue weighted by molar-refractivity contribution is 9.10. The van der Waals surface area contributed by atoms with Crippen molar-refractivity contribution in [1.82, 2.24) is 5.32 Å². The lowest BCUT2D eigenvalue weighted by molar-refractivity contribution is -0.125. The summed E-state index contributed by atoms with van der Waals surface area (Å²) in [5.74, 6) is -0.305. The fourth-order valence-corrected chi connectivity index (χ4v) is 2.08. The van der Waals surface area contributed by atoms with Crippen LogP contribution < -0.4 is 11.1 Å². The Labute approximate surface area is 115 Å². The minimum Gasteiger partial charge on any atom is -0.369 e. The summed E-state index contributed by atoms with van der Waals surface area (Å²) >= 11 is 9.29. The molecule has 0 saturated carbocycles. The zero-order valence-electron chi connectivity index (χ0n) is 9.89. The van der Waals surface area contributed by atoms with Gasteiger partial charge in [-0.1, -0.05) is 33.6 Å². The zero-order chi connectivity index (χ0) is 13.1. The maximum atomic E-state index is 11.1. The number of hydrogen-bond acceptors (Lipinski definition) is 2. The van der Waals surface area contributed by atoms with Crippen LogP contribution in [0.3, 0.4) is 0 Å². The molecular weight excluding hydrogens is 304 g/mol. The fraction of sp³-hybridized carbons (Fsp3) is 0.417. The first-order valence-electron chi connectivity index (χ1n) is 5.27. The second-order valence-electron chi connectivity index (χ2n) is 4.59. The molecule has 0 bridgehead atoms. The van der Waals surface area contributed by atoms with E-state index in [1.807, 2.05) is 32.0 Å². The van der Waals surface area contributed by atoms with Gasteiger partial charge >= 0.3 is 0 Å². The summed E-state index contributed by atoms with van der Waals surface area (Å²) in [7, 11) is 0. The molecule has 0 aromatic heterocycles. The van der Waals surface area contributed by atoms with E-state index in [4.69, 9.17) is 17.3 Å². The van der Waals surface area contributed by atoms with Crippen molar-refractivity contribution in [1.29, 1.82) is 0 Å². The monoisotopic (exact) mass is 318 g/mol. The van der Waals surface area contributed by atoms with Crippen LogP contribution in [0.25, 0.3) is 0 Å². The first kappa shape index (κ1) is 14.5. The van der Waals surface area contributed by atoms with Crippen molar-refractivity contribution in [3.63, 3.8) is 0 Å². The molecule has 5 heteroatoms. The van der Waals surface area contributed by atoms with Gasteiger partial charge in [0, 0.05) is 22.6 Å². The third kappa shape index (κ3) is 4.30. The Balaban J connectivity index is 2.54. The largest absolute Gasteiger partial charge is 0.369 e. The summed E-state index contributed by atoms with van der Waals surface area (Å²) in [4.78, 5) is 11.1. The first-order valence-corrected chi connectivity index (χ1v) is 6.44. The summed E-state index contributed by atoms with van der Waals surface area (Å²) in [5, 5.41) is 3.90. The van der Waals surface area contributed by atoms with Crippen LogP contribution in [0.5, 0.6) is 0 Å². The molecule has 0 heterocycles. The second-order valence-corrected chi connectivity index (χ2v) is 5.88. The number of rotatable bonds is 5. The highest BCUT2D eigenvalue weighted by Crippen LogP contribution is 2.21. The van der Waals surface area contributed by atoms with Gasteiger partial charge in [-0.05, 0) is 31.5 Å². The van der Waals surface area contributed by atoms with Gasteiger partial charge in [0.25, 0.3) is 0 Å². The number of nitrogens with two attached hydrogens (primary N) is 1. The normalized spacial score (nSPS) is 11.5. The predicted molar refractivity (Wildman–Crippen MR) is 73.8 cm³/mol. The Kier molecular flexibility index (Phi) is 4.98. The van der Waals surface area contributed by atoms with E-state index in [1.54, 1.807) is 0 Å². The second kappa shape index (κ2) is 5.85. The quantitative estimate of drug-likeness (QED) is 0.877. The van der Waals surface area contributed by atoms with E-state index in [0.29, 0.717) is 18.1 Å². The summed E-state index contributed by atoms with van der Waals surface area (Å²) in [6.45, 7) is 4.84. The van der Waals surface area contributed by atoms with Crippen LogP contribution in [0.2, 0.25) is 5.02 Å². The number of hydrogen-bond donors (Lipinski definition) is 2. The molecule has 0 aliphatic heterocycles. The zero-order valence-corrected chi connectivity index (χ0v) is 12.2. The van der Waals surface area contributed by atoms with Crippen molar-refractivity contribution in [3.8, 4) is 0 Å². The first-order chi connectivity index (χ1) is 7.83. The molecule has 0 spiro atoms. The van der Waals surface area contributed by atoms with E-state index >= 15 is 0 Å². The van der Waals surface area contributed by atoms with Crippen molar-refractivity contribution in [2.24, 2.45) is 11.1 Å². The molecule has 0 aliphatic carbocycles. The molecular formula is C12H16BrClN2O. The van der Waals surface area contributed by atoms with Crippen molar-refractivity contribution in [2.75, 3.05) is 6.54 Å². The van der Waals surface area contributed by atoms with Crippen molar-refractivity contribution >= 4 is 33.4 Å². The summed E-state index contributed by atoms with van der Waals surface area (Å²) in [6, 6.07) is 5.62. The average molecular weight is 320 g/mol. The molecule has 0 atom stereocenters. The van der Waals surface area contributed by atoms with E-state index in [0.717, 1.165) is 10.0 Å². The lowest BCUT2D eigenvalue weighted by atomic mass is 9.93. The van der Waals surface area contributed by atoms with E-state index < -0.39 is 5.41 Å². The smallest absolute Gasteiger partial charge is 0.224 e. The van der Waals surface area contributed by atoms with Crippen LogP contribution in [0, 0.1) is 5.41 Å². The van der Waals surface area contributed by atoms with Crippen molar-refractivity contribution in [3.05, 3.63) is 33.3 Å². The van der Waals surface area contributed by atoms with Crippen molar-refractivity contribution < 1.29 is 4.79 Å². The molecule has 3 nitrogen and oxygen atoms in total. The van der Waals surface area contributed by atoms with Gasteiger partial charge in [-0.3, -0.25) is 4.79 Å². The number of primary amides is 1. The number of benzene rings is 1. The standard InChI is InChI=1S/C12H16BrClN2O/c1-12(2,11(15)17)7-16-6-8-3-4-9(14)5-10(8)13/h3-5,16H,6-7H2,1-2H3,(H2,15,17). The summed E-state index contributed by atoms with van der Waals surface area (Å²) in [5.41, 5.74) is 5.84. The molecule has 0 unspecified atom stereocenters. The number of nitrogens with one attached hydrogen (secondary N) is 1. The molecule has 1 amide bonds. The highest BCUT2D eigenvalue weighted by atomic mass is 79.9. The Morgan fingerprint density at radius 2 is 2.18 bits per heavy atom. The van der Waals surface area contributed by atoms with Crippen LogP contribution in [0.1, 0.15) is 19.4 Å². The van der Waals surface area contributed by atoms with E-state index in [9.17, 15) is 4.79 Å². The van der Waals surface area contributed by atoms with Crippen LogP contribution in [0.15, 0.2) is 22.7 Å². The number of halogens is 2. The molecule has 17 heavy (non-hydrogen) atoms. The van der Waals surface area contributed by atoms with Gasteiger partial charge < -0.3 is 11.1 Å². The van der Waals surface area contributed by atoms with Crippen LogP contribution in [-0.4, -0.2) is 12.5 Å². The molecule has 0 saturated heterocycles. The van der Waals surface area contributed by atoms with Gasteiger partial charge in [0.1, 0.15) is 0 Å². The maximum Gasteiger partial charge on any atom is 0.224 e. The predicted octanol–water partition coefficient (Wildman–Crippen LogP) is 2.70. The Bertz CT molecular complexity index is 421. The highest BCUT2D eigenvalue weighted by Gasteiger charge is 2.24. The van der Waals surface area contributed by atoms with Crippen LogP contribution in [-0.2, 0) is 11.3 Å². The number of carbonyl (C=O) groups is 1. The van der Waals surface area contributed by atoms with E-state index in [1.165, 1.54) is 0 Å². The van der Waals surface area contributed by atoms with Crippen molar-refractivity contribution in [2.45, 2.75) is 20.4 Å². The maximum absolute atomic E-state index is 11.1. The third-order valence-corrected chi connectivity index (χ3v) is 3.54. The number of carbonyl (C=O) groups excluding carboxylic acids is 1. The minimum atomic E-state index is -0.543. The third-order valence-electron chi connectivity index (χ3n) is 2.56. The Morgan fingerprint density at radius 3 is 2.71 bits per heavy atom. The van der Waals surface area contributed by atoms with Gasteiger partial charge in [-0.15, -0.1) is 0 Å². The average Bonchev–Trinajstić information content (AvgIpc) is 2.21. The summed E-state index contributed by atoms with van der Waals surface area (Å²) < 4.78 is 0.953. The van der Waals surface area contributed by atoms with E-state index in [-0.39, 0.29) is 5.91 Å². The van der Waals surface area contributed by atoms with Gasteiger partial charge in [0.05, 0.1) is 5.41 Å². The van der Waals surface area contributed by atoms with Crippen LogP contribution in [0.4, 0.5) is 0 Å². The Hall–Kier alpha value is -0.580. The molecule has 1 aromatic rings. The van der Waals surface area contributed by atoms with Gasteiger partial charge in [0.2, 0.25) is 5.91 Å². The van der Waals surface area contributed by atoms with Gasteiger partial charge in [-0.25, -0.2) is 0 Å². The lowest BCUT2D eigenvalue weighted by Gasteiger charge is -2.21. The molecule has 0 radical (unpaired) electrons. The molecule has 0 fully saturated rings. The minimum absolute atomic E-state index is 0.305. The fourth-order valence-electron chi connectivity index (χ4n) is 1.26. The van der Waals surface area contributed by atoms with Crippen LogP contribution >= 0.6 is 27.5 Å². The molecule has 1 aromatic carbocycles. The van der Waals surface area contributed by atoms with Gasteiger partial charge in [0.15, 0.2) is 0 Å².